The minimum absolute atomic E-state index is 0.214. The van der Waals surface area contributed by atoms with Crippen molar-refractivity contribution in [2.75, 3.05) is 6.61 Å². The molecule has 0 aliphatic heterocycles. The minimum atomic E-state index is -0.898. The number of rotatable bonds is 7. The van der Waals surface area contributed by atoms with E-state index in [1.807, 2.05) is 18.2 Å². The van der Waals surface area contributed by atoms with E-state index in [-0.39, 0.29) is 12.4 Å². The summed E-state index contributed by atoms with van der Waals surface area (Å²) in [5, 5.41) is 6.11. The Morgan fingerprint density at radius 2 is 1.97 bits per heavy atom. The molecular weight excluding hydrogens is 654 g/mol. The first-order valence-electron chi connectivity index (χ1n) is 11.8. The van der Waals surface area contributed by atoms with Gasteiger partial charge in [0, 0.05) is 20.4 Å². The number of nitrogens with zero attached hydrogens (tertiary/aromatic N) is 3. The van der Waals surface area contributed by atoms with Gasteiger partial charge < -0.3 is 13.9 Å². The fourth-order valence-electron chi connectivity index (χ4n) is 3.92. The number of carbonyl (C=O) groups excluding carboxylic acids is 1. The van der Waals surface area contributed by atoms with Gasteiger partial charge in [-0.1, -0.05) is 39.7 Å². The molecule has 0 unspecified atom stereocenters. The molecule has 0 spiro atoms. The van der Waals surface area contributed by atoms with Crippen molar-refractivity contribution in [3.63, 3.8) is 0 Å². The molecule has 5 rings (SSSR count). The molecule has 0 aliphatic rings. The lowest BCUT2D eigenvalue weighted by Crippen LogP contribution is -2.26. The number of halogens is 3. The van der Waals surface area contributed by atoms with E-state index in [4.69, 9.17) is 30.5 Å². The molecule has 5 aromatic rings. The number of hydrogen-bond acceptors (Lipinski definition) is 7. The highest BCUT2D eigenvalue weighted by Gasteiger charge is 2.21. The predicted octanol–water partition coefficient (Wildman–Crippen LogP) is 7.20. The summed E-state index contributed by atoms with van der Waals surface area (Å²) in [7, 11) is 0. The molecule has 198 valence electrons. The van der Waals surface area contributed by atoms with Crippen LogP contribution < -0.4 is 10.3 Å². The van der Waals surface area contributed by atoms with E-state index < -0.39 is 17.6 Å². The van der Waals surface area contributed by atoms with E-state index >= 15 is 0 Å². The Balaban J connectivity index is 1.65. The molecule has 0 fully saturated rings. The van der Waals surface area contributed by atoms with Crippen molar-refractivity contribution in [3.05, 3.63) is 90.5 Å². The summed E-state index contributed by atoms with van der Waals surface area (Å²) in [6.45, 7) is 3.52. The Morgan fingerprint density at radius 3 is 2.77 bits per heavy atom. The van der Waals surface area contributed by atoms with Crippen LogP contribution in [0.2, 0.25) is 5.02 Å². The van der Waals surface area contributed by atoms with Gasteiger partial charge >= 0.3 is 5.97 Å². The van der Waals surface area contributed by atoms with Crippen molar-refractivity contribution in [1.29, 1.82) is 0 Å². The number of carbonyl (C=O) groups is 1. The van der Waals surface area contributed by atoms with Crippen molar-refractivity contribution in [3.8, 4) is 17.3 Å². The first kappa shape index (κ1) is 27.1. The lowest BCUT2D eigenvalue weighted by molar-refractivity contribution is -0.150. The van der Waals surface area contributed by atoms with Gasteiger partial charge in [-0.2, -0.15) is 9.78 Å². The zero-order valence-electron chi connectivity index (χ0n) is 20.7. The first-order chi connectivity index (χ1) is 18.7. The number of ether oxygens (including phenoxy) is 2. The maximum atomic E-state index is 13.6. The molecule has 2 heterocycles. The summed E-state index contributed by atoms with van der Waals surface area (Å²) >= 11 is 13.2. The van der Waals surface area contributed by atoms with Gasteiger partial charge in [0.25, 0.3) is 5.56 Å². The third-order valence-corrected chi connectivity index (χ3v) is 7.02. The van der Waals surface area contributed by atoms with Crippen LogP contribution in [0.1, 0.15) is 19.4 Å². The predicted molar refractivity (Wildman–Crippen MR) is 158 cm³/mol. The Labute approximate surface area is 244 Å². The summed E-state index contributed by atoms with van der Waals surface area (Å²) in [6, 6.07) is 17.6. The highest BCUT2D eigenvalue weighted by molar-refractivity contribution is 9.10. The van der Waals surface area contributed by atoms with E-state index in [9.17, 15) is 9.59 Å². The van der Waals surface area contributed by atoms with Gasteiger partial charge in [-0.3, -0.25) is 4.79 Å². The number of hydrogen-bond donors (Lipinski definition) is 0. The van der Waals surface area contributed by atoms with Crippen molar-refractivity contribution >= 4 is 77.5 Å². The van der Waals surface area contributed by atoms with Crippen LogP contribution in [0.3, 0.4) is 0 Å². The molecule has 0 saturated carbocycles. The summed E-state index contributed by atoms with van der Waals surface area (Å²) in [6.07, 6.45) is 0.523. The van der Waals surface area contributed by atoms with Crippen LogP contribution in [0, 0.1) is 0 Å². The largest absolute Gasteiger partial charge is 0.477 e. The minimum Gasteiger partial charge on any atom is -0.477 e. The molecule has 0 bridgehead atoms. The van der Waals surface area contributed by atoms with Crippen molar-refractivity contribution < 1.29 is 18.7 Å². The van der Waals surface area contributed by atoms with E-state index in [0.717, 1.165) is 9.86 Å². The Kier molecular flexibility index (Phi) is 7.88. The number of esters is 1. The van der Waals surface area contributed by atoms with Crippen LogP contribution in [0.4, 0.5) is 0 Å². The lowest BCUT2D eigenvalue weighted by Gasteiger charge is -2.17. The average molecular weight is 674 g/mol. The molecule has 2 aromatic heterocycles. The molecule has 39 heavy (non-hydrogen) atoms. The van der Waals surface area contributed by atoms with Gasteiger partial charge in [0.05, 0.1) is 28.2 Å². The Hall–Kier alpha value is -3.47. The molecule has 8 nitrogen and oxygen atoms in total. The zero-order chi connectivity index (χ0) is 27.7. The fraction of sp³-hybridized carbons (Fsp3) is 0.143. The number of furan rings is 1. The van der Waals surface area contributed by atoms with E-state index in [0.29, 0.717) is 43.1 Å². The van der Waals surface area contributed by atoms with E-state index in [2.05, 4.69) is 37.0 Å². The standard InChI is InChI=1S/C28H20Br2ClN3O5/c1-3-37-28(36)15(2)38-25-17(11-19(31)13-21(25)30)14-32-34-26(33-22-7-5-4-6-20(22)27(34)35)24-12-16-10-18(29)8-9-23(16)39-24/h4-15H,3H2,1-2H3/t15-/m1/s1. The maximum absolute atomic E-state index is 13.6. The van der Waals surface area contributed by atoms with Crippen LogP contribution in [0.25, 0.3) is 33.5 Å². The Morgan fingerprint density at radius 1 is 1.18 bits per heavy atom. The molecule has 3 aromatic carbocycles. The van der Waals surface area contributed by atoms with Crippen LogP contribution in [-0.4, -0.2) is 34.6 Å². The monoisotopic (exact) mass is 671 g/mol. The normalized spacial score (nSPS) is 12.3. The van der Waals surface area contributed by atoms with Crippen LogP contribution in [0.5, 0.6) is 5.75 Å². The molecule has 0 amide bonds. The second kappa shape index (κ2) is 11.3. The smallest absolute Gasteiger partial charge is 0.347 e. The third-order valence-electron chi connectivity index (χ3n) is 5.72. The van der Waals surface area contributed by atoms with Gasteiger partial charge in [0.1, 0.15) is 11.3 Å². The summed E-state index contributed by atoms with van der Waals surface area (Å²) in [5.41, 5.74) is 1.17. The molecule has 0 N–H and O–H groups in total. The van der Waals surface area contributed by atoms with Crippen LogP contribution >= 0.6 is 43.5 Å². The number of fused-ring (bicyclic) bond motifs is 2. The molecule has 0 saturated heterocycles. The fourth-order valence-corrected chi connectivity index (χ4v) is 5.23. The van der Waals surface area contributed by atoms with Crippen LogP contribution in [0.15, 0.2) is 83.9 Å². The quantitative estimate of drug-likeness (QED) is 0.134. The van der Waals surface area contributed by atoms with Crippen molar-refractivity contribution in [2.45, 2.75) is 20.0 Å². The van der Waals surface area contributed by atoms with Gasteiger partial charge in [-0.25, -0.2) is 9.78 Å². The highest BCUT2D eigenvalue weighted by Crippen LogP contribution is 2.33. The summed E-state index contributed by atoms with van der Waals surface area (Å²) < 4.78 is 19.6. The number of benzene rings is 3. The van der Waals surface area contributed by atoms with E-state index in [1.54, 1.807) is 56.3 Å². The Bertz CT molecular complexity index is 1820. The summed E-state index contributed by atoms with van der Waals surface area (Å²) in [5.74, 6) is 0.366. The van der Waals surface area contributed by atoms with Gasteiger partial charge in [0.2, 0.25) is 5.82 Å². The molecule has 0 aliphatic carbocycles. The number of aromatic nitrogens is 2. The van der Waals surface area contributed by atoms with Crippen molar-refractivity contribution in [2.24, 2.45) is 5.10 Å². The third kappa shape index (κ3) is 5.63. The molecule has 0 radical (unpaired) electrons. The topological polar surface area (TPSA) is 95.9 Å². The SMILES string of the molecule is CCOC(=O)[C@@H](C)Oc1c(Br)cc(Cl)cc1C=Nn1c(-c2cc3cc(Br)ccc3o2)nc2ccccc2c1=O. The maximum Gasteiger partial charge on any atom is 0.347 e. The first-order valence-corrected chi connectivity index (χ1v) is 13.8. The molecule has 1 atom stereocenters. The average Bonchev–Trinajstić information content (AvgIpc) is 3.33. The molecular formula is C28H20Br2ClN3O5. The zero-order valence-corrected chi connectivity index (χ0v) is 24.6. The second-order valence-corrected chi connectivity index (χ2v) is 10.6. The van der Waals surface area contributed by atoms with Gasteiger partial charge in [-0.15, -0.1) is 0 Å². The highest BCUT2D eigenvalue weighted by atomic mass is 79.9. The van der Waals surface area contributed by atoms with E-state index in [1.165, 1.54) is 10.9 Å². The van der Waals surface area contributed by atoms with Gasteiger partial charge in [-0.05, 0) is 78.3 Å². The molecule has 11 heteroatoms. The van der Waals surface area contributed by atoms with Crippen molar-refractivity contribution in [1.82, 2.24) is 9.66 Å². The van der Waals surface area contributed by atoms with Crippen LogP contribution in [-0.2, 0) is 9.53 Å². The lowest BCUT2D eigenvalue weighted by atomic mass is 10.2. The number of para-hydroxylation sites is 1. The second-order valence-electron chi connectivity index (χ2n) is 8.42. The van der Waals surface area contributed by atoms with Gasteiger partial charge in [0.15, 0.2) is 11.9 Å². The summed E-state index contributed by atoms with van der Waals surface area (Å²) in [4.78, 5) is 30.5.